The van der Waals surface area contributed by atoms with Crippen LogP contribution in [-0.4, -0.2) is 45.7 Å². The molecule has 1 unspecified atom stereocenters. The van der Waals surface area contributed by atoms with Crippen molar-refractivity contribution in [1.29, 1.82) is 0 Å². The van der Waals surface area contributed by atoms with Crippen LogP contribution in [0.25, 0.3) is 0 Å². The number of hydrogen-bond donors (Lipinski definition) is 1. The van der Waals surface area contributed by atoms with Crippen LogP contribution in [0.4, 0.5) is 0 Å². The number of hydrogen-bond acceptors (Lipinski definition) is 4. The average Bonchev–Trinajstić information content (AvgIpc) is 2.59. The second kappa shape index (κ2) is 5.24. The summed E-state index contributed by atoms with van der Waals surface area (Å²) in [6.07, 6.45) is 2.94. The molecule has 102 valence electrons. The van der Waals surface area contributed by atoms with Gasteiger partial charge in [-0.1, -0.05) is 0 Å². The van der Waals surface area contributed by atoms with Gasteiger partial charge < -0.3 is 10.1 Å². The summed E-state index contributed by atoms with van der Waals surface area (Å²) >= 11 is 0. The molecular weight excluding hydrogens is 238 g/mol. The molecule has 1 aliphatic heterocycles. The van der Waals surface area contributed by atoms with Crippen molar-refractivity contribution in [1.82, 2.24) is 5.32 Å². The minimum absolute atomic E-state index is 0.00361. The van der Waals surface area contributed by atoms with Crippen molar-refractivity contribution in [3.63, 3.8) is 0 Å². The van der Waals surface area contributed by atoms with Gasteiger partial charge >= 0.3 is 0 Å². The van der Waals surface area contributed by atoms with Gasteiger partial charge in [0.25, 0.3) is 0 Å². The van der Waals surface area contributed by atoms with E-state index in [4.69, 9.17) is 4.74 Å². The van der Waals surface area contributed by atoms with E-state index in [0.717, 1.165) is 19.6 Å². The van der Waals surface area contributed by atoms with E-state index < -0.39 is 9.84 Å². The maximum absolute atomic E-state index is 11.3. The smallest absolute Gasteiger partial charge is 0.147 e. The van der Waals surface area contributed by atoms with Crippen LogP contribution in [0.15, 0.2) is 0 Å². The molecule has 1 fully saturated rings. The van der Waals surface area contributed by atoms with Crippen LogP contribution in [0.5, 0.6) is 0 Å². The second-order valence-corrected chi connectivity index (χ2v) is 8.55. The number of rotatable bonds is 5. The molecular formula is C12H25NO3S. The van der Waals surface area contributed by atoms with Gasteiger partial charge in [-0.05, 0) is 33.6 Å². The lowest BCUT2D eigenvalue weighted by Crippen LogP contribution is -2.45. The normalized spacial score (nSPS) is 26.4. The fourth-order valence-corrected chi connectivity index (χ4v) is 2.73. The predicted molar refractivity (Wildman–Crippen MR) is 70.0 cm³/mol. The van der Waals surface area contributed by atoms with Crippen molar-refractivity contribution in [2.24, 2.45) is 5.41 Å². The first-order valence-electron chi connectivity index (χ1n) is 6.13. The Labute approximate surface area is 105 Å². The van der Waals surface area contributed by atoms with Crippen molar-refractivity contribution in [3.05, 3.63) is 0 Å². The van der Waals surface area contributed by atoms with Gasteiger partial charge in [0.2, 0.25) is 0 Å². The quantitative estimate of drug-likeness (QED) is 0.810. The third-order valence-corrected chi connectivity index (χ3v) is 4.13. The monoisotopic (exact) mass is 263 g/mol. The zero-order valence-electron chi connectivity index (χ0n) is 11.4. The Morgan fingerprint density at radius 3 is 2.41 bits per heavy atom. The van der Waals surface area contributed by atoms with E-state index >= 15 is 0 Å². The van der Waals surface area contributed by atoms with Crippen molar-refractivity contribution < 1.29 is 13.2 Å². The number of sulfone groups is 1. The predicted octanol–water partition coefficient (Wildman–Crippen LogP) is 1.22. The summed E-state index contributed by atoms with van der Waals surface area (Å²) in [6.45, 7) is 8.60. The standard InChI is InChI=1S/C12H25NO3S/c1-11(2,3)13-9-12(5-7-16-10-12)6-8-17(4,14)15/h13H,5-10H2,1-4H3. The molecule has 0 amide bonds. The van der Waals surface area contributed by atoms with Crippen LogP contribution in [0, 0.1) is 5.41 Å². The molecule has 0 aromatic rings. The third-order valence-electron chi connectivity index (χ3n) is 3.18. The van der Waals surface area contributed by atoms with Gasteiger partial charge in [0.15, 0.2) is 0 Å². The molecule has 4 nitrogen and oxygen atoms in total. The van der Waals surface area contributed by atoms with E-state index in [0.29, 0.717) is 13.0 Å². The summed E-state index contributed by atoms with van der Waals surface area (Å²) in [5.74, 6) is 0.252. The maximum atomic E-state index is 11.3. The maximum Gasteiger partial charge on any atom is 0.147 e. The van der Waals surface area contributed by atoms with Crippen molar-refractivity contribution >= 4 is 9.84 Å². The van der Waals surface area contributed by atoms with E-state index in [1.165, 1.54) is 6.26 Å². The summed E-state index contributed by atoms with van der Waals surface area (Å²) < 4.78 is 28.0. The Bertz CT molecular complexity index is 337. The SMILES string of the molecule is CC(C)(C)NCC1(CCS(C)(=O)=O)CCOC1. The number of ether oxygens (including phenoxy) is 1. The highest BCUT2D eigenvalue weighted by atomic mass is 32.2. The highest BCUT2D eigenvalue weighted by Crippen LogP contribution is 2.32. The van der Waals surface area contributed by atoms with Crippen molar-refractivity contribution in [2.45, 2.75) is 39.2 Å². The lowest BCUT2D eigenvalue weighted by atomic mass is 9.83. The van der Waals surface area contributed by atoms with Crippen LogP contribution >= 0.6 is 0 Å². The molecule has 1 N–H and O–H groups in total. The molecule has 0 saturated carbocycles. The first kappa shape index (κ1) is 14.9. The van der Waals surface area contributed by atoms with Gasteiger partial charge in [0.05, 0.1) is 12.4 Å². The first-order valence-corrected chi connectivity index (χ1v) is 8.19. The molecule has 0 radical (unpaired) electrons. The largest absolute Gasteiger partial charge is 0.381 e. The molecule has 1 atom stereocenters. The zero-order valence-corrected chi connectivity index (χ0v) is 12.2. The summed E-state index contributed by atoms with van der Waals surface area (Å²) in [5, 5.41) is 3.47. The minimum Gasteiger partial charge on any atom is -0.381 e. The minimum atomic E-state index is -2.89. The van der Waals surface area contributed by atoms with Gasteiger partial charge in [0.1, 0.15) is 9.84 Å². The molecule has 0 aliphatic carbocycles. The number of nitrogens with one attached hydrogen (secondary N) is 1. The Morgan fingerprint density at radius 1 is 1.35 bits per heavy atom. The van der Waals surface area contributed by atoms with Gasteiger partial charge in [-0.2, -0.15) is 0 Å². The van der Waals surface area contributed by atoms with Gasteiger partial charge in [0, 0.05) is 30.4 Å². The molecule has 0 spiro atoms. The highest BCUT2D eigenvalue weighted by Gasteiger charge is 2.36. The average molecular weight is 263 g/mol. The van der Waals surface area contributed by atoms with Gasteiger partial charge in [-0.3, -0.25) is 0 Å². The van der Waals surface area contributed by atoms with Gasteiger partial charge in [-0.25, -0.2) is 8.42 Å². The Balaban J connectivity index is 2.57. The van der Waals surface area contributed by atoms with Crippen molar-refractivity contribution in [2.75, 3.05) is 31.8 Å². The summed E-state index contributed by atoms with van der Waals surface area (Å²) in [5.41, 5.74) is 0.0526. The Kier molecular flexibility index (Phi) is 4.60. The fourth-order valence-electron chi connectivity index (χ4n) is 1.93. The molecule has 17 heavy (non-hydrogen) atoms. The van der Waals surface area contributed by atoms with E-state index in [1.807, 2.05) is 0 Å². The lowest BCUT2D eigenvalue weighted by Gasteiger charge is -2.32. The molecule has 1 aliphatic rings. The molecule has 0 bridgehead atoms. The summed E-state index contributed by atoms with van der Waals surface area (Å²) in [7, 11) is -2.89. The third kappa shape index (κ3) is 5.84. The molecule has 0 aromatic carbocycles. The van der Waals surface area contributed by atoms with E-state index in [1.54, 1.807) is 0 Å². The van der Waals surface area contributed by atoms with Crippen LogP contribution < -0.4 is 5.32 Å². The summed E-state index contributed by atoms with van der Waals surface area (Å²) in [4.78, 5) is 0. The van der Waals surface area contributed by atoms with Crippen molar-refractivity contribution in [3.8, 4) is 0 Å². The lowest BCUT2D eigenvalue weighted by molar-refractivity contribution is 0.142. The molecule has 1 rings (SSSR count). The second-order valence-electron chi connectivity index (χ2n) is 6.29. The summed E-state index contributed by atoms with van der Waals surface area (Å²) in [6, 6.07) is 0. The van der Waals surface area contributed by atoms with E-state index in [-0.39, 0.29) is 16.7 Å². The van der Waals surface area contributed by atoms with Crippen LogP contribution in [0.3, 0.4) is 0 Å². The topological polar surface area (TPSA) is 55.4 Å². The molecule has 0 aromatic heterocycles. The first-order chi connectivity index (χ1) is 7.62. The van der Waals surface area contributed by atoms with E-state index in [2.05, 4.69) is 26.1 Å². The van der Waals surface area contributed by atoms with Crippen LogP contribution in [0.1, 0.15) is 33.6 Å². The highest BCUT2D eigenvalue weighted by molar-refractivity contribution is 7.90. The van der Waals surface area contributed by atoms with Gasteiger partial charge in [-0.15, -0.1) is 0 Å². The van der Waals surface area contributed by atoms with Crippen LogP contribution in [-0.2, 0) is 14.6 Å². The Hall–Kier alpha value is -0.130. The van der Waals surface area contributed by atoms with E-state index in [9.17, 15) is 8.42 Å². The Morgan fingerprint density at radius 2 is 2.00 bits per heavy atom. The molecule has 5 heteroatoms. The zero-order chi connectivity index (χ0) is 13.2. The fraction of sp³-hybridized carbons (Fsp3) is 1.00. The molecule has 1 heterocycles. The van der Waals surface area contributed by atoms with Crippen LogP contribution in [0.2, 0.25) is 0 Å². The molecule has 1 saturated heterocycles.